The smallest absolute Gasteiger partial charge is 0.161 e. The van der Waals surface area contributed by atoms with E-state index in [2.05, 4.69) is 20.6 Å². The first-order chi connectivity index (χ1) is 13.1. The van der Waals surface area contributed by atoms with Gasteiger partial charge in [0, 0.05) is 23.3 Å². The number of aryl methyl sites for hydroxylation is 1. The first kappa shape index (κ1) is 18.8. The van der Waals surface area contributed by atoms with Crippen molar-refractivity contribution < 1.29 is 9.47 Å². The highest BCUT2D eigenvalue weighted by atomic mass is 35.5. The van der Waals surface area contributed by atoms with Gasteiger partial charge in [0.25, 0.3) is 0 Å². The zero-order valence-electron chi connectivity index (χ0n) is 15.4. The van der Waals surface area contributed by atoms with Crippen molar-refractivity contribution in [3.63, 3.8) is 0 Å². The van der Waals surface area contributed by atoms with Gasteiger partial charge in [-0.05, 0) is 42.3 Å². The second-order valence-corrected chi connectivity index (χ2v) is 6.35. The highest BCUT2D eigenvalue weighted by Crippen LogP contribution is 2.28. The first-order valence-electron chi connectivity index (χ1n) is 8.39. The zero-order valence-corrected chi connectivity index (χ0v) is 16.2. The van der Waals surface area contributed by atoms with Crippen LogP contribution in [0, 0.1) is 6.92 Å². The Kier molecular flexibility index (Phi) is 5.98. The van der Waals surface area contributed by atoms with E-state index in [4.69, 9.17) is 21.1 Å². The van der Waals surface area contributed by atoms with Crippen LogP contribution in [-0.4, -0.2) is 24.2 Å². The van der Waals surface area contributed by atoms with Crippen LogP contribution < -0.4 is 20.1 Å². The number of halogens is 1. The van der Waals surface area contributed by atoms with Crippen LogP contribution in [0.15, 0.2) is 48.8 Å². The number of ether oxygens (including phenoxy) is 2. The van der Waals surface area contributed by atoms with Crippen LogP contribution in [0.5, 0.6) is 11.5 Å². The lowest BCUT2D eigenvalue weighted by Gasteiger charge is -2.12. The van der Waals surface area contributed by atoms with E-state index in [1.807, 2.05) is 49.4 Å². The van der Waals surface area contributed by atoms with Gasteiger partial charge in [0.15, 0.2) is 11.5 Å². The largest absolute Gasteiger partial charge is 0.493 e. The number of hydrogen-bond donors (Lipinski definition) is 2. The van der Waals surface area contributed by atoms with E-state index in [0.29, 0.717) is 34.7 Å². The van der Waals surface area contributed by atoms with Gasteiger partial charge in [-0.1, -0.05) is 23.7 Å². The fourth-order valence-corrected chi connectivity index (χ4v) is 2.74. The lowest BCUT2D eigenvalue weighted by atomic mass is 10.2. The predicted molar refractivity (Wildman–Crippen MR) is 108 cm³/mol. The molecule has 1 heterocycles. The third-order valence-corrected chi connectivity index (χ3v) is 4.29. The minimum absolute atomic E-state index is 0.590. The maximum atomic E-state index is 6.07. The van der Waals surface area contributed by atoms with Gasteiger partial charge in [-0.25, -0.2) is 9.97 Å². The van der Waals surface area contributed by atoms with Gasteiger partial charge in [0.05, 0.1) is 14.2 Å². The van der Waals surface area contributed by atoms with Crippen molar-refractivity contribution in [1.82, 2.24) is 9.97 Å². The van der Waals surface area contributed by atoms with E-state index in [0.717, 1.165) is 16.8 Å². The molecule has 0 aliphatic rings. The van der Waals surface area contributed by atoms with E-state index in [1.165, 1.54) is 6.33 Å². The third kappa shape index (κ3) is 4.80. The van der Waals surface area contributed by atoms with Crippen LogP contribution in [-0.2, 0) is 6.54 Å². The summed E-state index contributed by atoms with van der Waals surface area (Å²) in [4.78, 5) is 8.54. The van der Waals surface area contributed by atoms with E-state index in [1.54, 1.807) is 14.2 Å². The summed E-state index contributed by atoms with van der Waals surface area (Å²) in [7, 11) is 3.24. The van der Waals surface area contributed by atoms with Crippen molar-refractivity contribution in [2.24, 2.45) is 0 Å². The SMILES string of the molecule is COc1ccc(CNc2cc(Nc3cc(Cl)ccc3C)ncn2)cc1OC. The number of nitrogens with one attached hydrogen (secondary N) is 2. The summed E-state index contributed by atoms with van der Waals surface area (Å²) in [5, 5.41) is 7.23. The van der Waals surface area contributed by atoms with E-state index in [-0.39, 0.29) is 0 Å². The van der Waals surface area contributed by atoms with Crippen molar-refractivity contribution >= 4 is 28.9 Å². The summed E-state index contributed by atoms with van der Waals surface area (Å²) < 4.78 is 10.6. The predicted octanol–water partition coefficient (Wildman–Crippen LogP) is 4.81. The van der Waals surface area contributed by atoms with Crippen molar-refractivity contribution in [2.45, 2.75) is 13.5 Å². The average molecular weight is 385 g/mol. The fraction of sp³-hybridized carbons (Fsp3) is 0.200. The Hall–Kier alpha value is -2.99. The topological polar surface area (TPSA) is 68.3 Å². The molecule has 0 fully saturated rings. The van der Waals surface area contributed by atoms with Gasteiger partial charge in [0.2, 0.25) is 0 Å². The molecule has 27 heavy (non-hydrogen) atoms. The minimum atomic E-state index is 0.590. The maximum Gasteiger partial charge on any atom is 0.161 e. The molecule has 7 heteroatoms. The Bertz CT molecular complexity index is 934. The van der Waals surface area contributed by atoms with Crippen LogP contribution in [0.4, 0.5) is 17.3 Å². The van der Waals surface area contributed by atoms with Crippen molar-refractivity contribution in [1.29, 1.82) is 0 Å². The molecular weight excluding hydrogens is 364 g/mol. The van der Waals surface area contributed by atoms with Gasteiger partial charge in [-0.15, -0.1) is 0 Å². The molecule has 0 bridgehead atoms. The molecule has 0 saturated heterocycles. The van der Waals surface area contributed by atoms with Crippen LogP contribution in [0.3, 0.4) is 0 Å². The highest BCUT2D eigenvalue weighted by molar-refractivity contribution is 6.30. The monoisotopic (exact) mass is 384 g/mol. The Morgan fingerprint density at radius 3 is 2.48 bits per heavy atom. The highest BCUT2D eigenvalue weighted by Gasteiger charge is 2.06. The molecule has 0 spiro atoms. The Balaban J connectivity index is 1.70. The molecule has 2 aromatic carbocycles. The van der Waals surface area contributed by atoms with Crippen LogP contribution in [0.2, 0.25) is 5.02 Å². The van der Waals surface area contributed by atoms with Gasteiger partial charge in [0.1, 0.15) is 18.0 Å². The second kappa shape index (κ2) is 8.60. The molecule has 0 amide bonds. The van der Waals surface area contributed by atoms with Gasteiger partial charge < -0.3 is 20.1 Å². The number of anilines is 3. The molecule has 2 N–H and O–H groups in total. The van der Waals surface area contributed by atoms with Crippen LogP contribution in [0.1, 0.15) is 11.1 Å². The van der Waals surface area contributed by atoms with Crippen molar-refractivity contribution in [2.75, 3.05) is 24.9 Å². The second-order valence-electron chi connectivity index (χ2n) is 5.92. The third-order valence-electron chi connectivity index (χ3n) is 4.05. The summed E-state index contributed by atoms with van der Waals surface area (Å²) in [5.41, 5.74) is 3.04. The molecule has 6 nitrogen and oxygen atoms in total. The van der Waals surface area contributed by atoms with Crippen LogP contribution >= 0.6 is 11.6 Å². The molecule has 3 rings (SSSR count). The quantitative estimate of drug-likeness (QED) is 0.609. The fourth-order valence-electron chi connectivity index (χ4n) is 2.57. The van der Waals surface area contributed by atoms with Crippen LogP contribution in [0.25, 0.3) is 0 Å². The molecule has 0 radical (unpaired) electrons. The van der Waals surface area contributed by atoms with E-state index < -0.39 is 0 Å². The Morgan fingerprint density at radius 2 is 1.70 bits per heavy atom. The number of benzene rings is 2. The summed E-state index contributed by atoms with van der Waals surface area (Å²) in [6.07, 6.45) is 1.51. The molecule has 140 valence electrons. The summed E-state index contributed by atoms with van der Waals surface area (Å²) in [6.45, 7) is 2.60. The number of hydrogen-bond acceptors (Lipinski definition) is 6. The lowest BCUT2D eigenvalue weighted by molar-refractivity contribution is 0.354. The number of rotatable bonds is 7. The average Bonchev–Trinajstić information content (AvgIpc) is 2.69. The molecule has 1 aromatic heterocycles. The summed E-state index contributed by atoms with van der Waals surface area (Å²) in [5.74, 6) is 2.79. The lowest BCUT2D eigenvalue weighted by Crippen LogP contribution is -2.04. The standard InChI is InChI=1S/C20H21ClN4O2/c1-13-4-6-15(21)9-16(13)25-20-10-19(23-12-24-20)22-11-14-5-7-17(26-2)18(8-14)27-3/h4-10,12H,11H2,1-3H3,(H2,22,23,24,25). The molecule has 3 aromatic rings. The molecule has 0 atom stereocenters. The Morgan fingerprint density at radius 1 is 0.926 bits per heavy atom. The number of nitrogens with zero attached hydrogens (tertiary/aromatic N) is 2. The molecule has 0 unspecified atom stereocenters. The van der Waals surface area contributed by atoms with Gasteiger partial charge in [-0.3, -0.25) is 0 Å². The zero-order chi connectivity index (χ0) is 19.2. The maximum absolute atomic E-state index is 6.07. The summed E-state index contributed by atoms with van der Waals surface area (Å²) in [6, 6.07) is 13.3. The van der Waals surface area contributed by atoms with E-state index >= 15 is 0 Å². The normalized spacial score (nSPS) is 10.4. The van der Waals surface area contributed by atoms with E-state index in [9.17, 15) is 0 Å². The van der Waals surface area contributed by atoms with Crippen molar-refractivity contribution in [3.05, 3.63) is 64.9 Å². The summed E-state index contributed by atoms with van der Waals surface area (Å²) >= 11 is 6.07. The molecular formula is C20H21ClN4O2. The van der Waals surface area contributed by atoms with Gasteiger partial charge >= 0.3 is 0 Å². The molecule has 0 aliphatic heterocycles. The van der Waals surface area contributed by atoms with Gasteiger partial charge in [-0.2, -0.15) is 0 Å². The number of aromatic nitrogens is 2. The van der Waals surface area contributed by atoms with Crippen molar-refractivity contribution in [3.8, 4) is 11.5 Å². The molecule has 0 aliphatic carbocycles. The minimum Gasteiger partial charge on any atom is -0.493 e. The Labute approximate surface area is 163 Å². The molecule has 0 saturated carbocycles. The number of methoxy groups -OCH3 is 2. The first-order valence-corrected chi connectivity index (χ1v) is 8.77.